The van der Waals surface area contributed by atoms with Gasteiger partial charge in [-0.15, -0.1) is 0 Å². The van der Waals surface area contributed by atoms with Gasteiger partial charge in [-0.2, -0.15) is 0 Å². The number of pyridine rings is 1. The first kappa shape index (κ1) is 12.9. The Bertz CT molecular complexity index is 419. The third kappa shape index (κ3) is 3.22. The van der Waals surface area contributed by atoms with Crippen LogP contribution in [0.25, 0.3) is 0 Å². The number of nitrogens with one attached hydrogen (secondary N) is 2. The van der Waals surface area contributed by atoms with Crippen LogP contribution in [0.5, 0.6) is 0 Å². The average molecular weight is 247 g/mol. The first-order valence-corrected chi connectivity index (χ1v) is 6.69. The molecule has 98 valence electrons. The van der Waals surface area contributed by atoms with Crippen LogP contribution >= 0.6 is 0 Å². The third-order valence-corrected chi connectivity index (χ3v) is 3.40. The Morgan fingerprint density at radius 2 is 2.33 bits per heavy atom. The summed E-state index contributed by atoms with van der Waals surface area (Å²) in [4.78, 5) is 16.2. The number of hydrogen-bond donors (Lipinski definition) is 2. The topological polar surface area (TPSA) is 54.0 Å². The minimum Gasteiger partial charge on any atom is -0.385 e. The summed E-state index contributed by atoms with van der Waals surface area (Å²) in [6, 6.07) is 3.99. The molecule has 4 nitrogen and oxygen atoms in total. The van der Waals surface area contributed by atoms with Gasteiger partial charge in [0.2, 0.25) is 0 Å². The van der Waals surface area contributed by atoms with E-state index in [1.165, 1.54) is 6.42 Å². The van der Waals surface area contributed by atoms with Crippen molar-refractivity contribution in [2.75, 3.05) is 11.9 Å². The van der Waals surface area contributed by atoms with Crippen LogP contribution in [0.1, 0.15) is 43.6 Å². The molecular weight excluding hydrogens is 226 g/mol. The molecule has 1 saturated carbocycles. The normalized spacial score (nSPS) is 22.8. The molecule has 0 aromatic carbocycles. The smallest absolute Gasteiger partial charge is 0.270 e. The van der Waals surface area contributed by atoms with Gasteiger partial charge in [-0.25, -0.2) is 0 Å². The summed E-state index contributed by atoms with van der Waals surface area (Å²) in [5, 5.41) is 6.25. The zero-order valence-corrected chi connectivity index (χ0v) is 11.1. The first-order valence-electron chi connectivity index (χ1n) is 6.69. The molecule has 1 aliphatic carbocycles. The average Bonchev–Trinajstić information content (AvgIpc) is 2.75. The van der Waals surface area contributed by atoms with Crippen LogP contribution in [-0.2, 0) is 0 Å². The van der Waals surface area contributed by atoms with Gasteiger partial charge in [-0.05, 0) is 44.2 Å². The number of carbonyl (C=O) groups excluding carboxylic acids is 1. The van der Waals surface area contributed by atoms with Crippen molar-refractivity contribution in [3.05, 3.63) is 24.0 Å². The summed E-state index contributed by atoms with van der Waals surface area (Å²) in [5.74, 6) is 0.658. The lowest BCUT2D eigenvalue weighted by Crippen LogP contribution is -2.33. The maximum Gasteiger partial charge on any atom is 0.270 e. The molecule has 0 radical (unpaired) electrons. The Labute approximate surface area is 108 Å². The predicted molar refractivity (Wildman–Crippen MR) is 72.7 cm³/mol. The summed E-state index contributed by atoms with van der Waals surface area (Å²) in [6.07, 6.45) is 5.04. The molecule has 2 rings (SSSR count). The summed E-state index contributed by atoms with van der Waals surface area (Å²) in [7, 11) is 0. The number of aromatic nitrogens is 1. The molecule has 1 heterocycles. The van der Waals surface area contributed by atoms with Crippen LogP contribution < -0.4 is 10.6 Å². The van der Waals surface area contributed by atoms with Crippen molar-refractivity contribution in [3.63, 3.8) is 0 Å². The van der Waals surface area contributed by atoms with Gasteiger partial charge < -0.3 is 10.6 Å². The summed E-state index contributed by atoms with van der Waals surface area (Å²) in [6.45, 7) is 5.10. The molecule has 1 aromatic rings. The van der Waals surface area contributed by atoms with E-state index in [-0.39, 0.29) is 5.91 Å². The van der Waals surface area contributed by atoms with Crippen molar-refractivity contribution in [1.82, 2.24) is 10.3 Å². The van der Waals surface area contributed by atoms with Crippen LogP contribution in [0.2, 0.25) is 0 Å². The standard InChI is InChI=1S/C14H21N3O/c1-3-15-11-6-7-16-13(9-11)14(18)17-12-5-4-10(2)8-12/h6-7,9-10,12H,3-5,8H2,1-2H3,(H,15,16)(H,17,18). The zero-order chi connectivity index (χ0) is 13.0. The second kappa shape index (κ2) is 5.85. The van der Waals surface area contributed by atoms with E-state index in [0.717, 1.165) is 31.0 Å². The Hall–Kier alpha value is -1.58. The summed E-state index contributed by atoms with van der Waals surface area (Å²) in [5.41, 5.74) is 1.44. The Morgan fingerprint density at radius 1 is 1.50 bits per heavy atom. The zero-order valence-electron chi connectivity index (χ0n) is 11.1. The third-order valence-electron chi connectivity index (χ3n) is 3.40. The molecule has 2 N–H and O–H groups in total. The van der Waals surface area contributed by atoms with Gasteiger partial charge in [0.05, 0.1) is 0 Å². The van der Waals surface area contributed by atoms with Gasteiger partial charge >= 0.3 is 0 Å². The molecule has 0 aliphatic heterocycles. The van der Waals surface area contributed by atoms with Gasteiger partial charge in [0.25, 0.3) is 5.91 Å². The van der Waals surface area contributed by atoms with Crippen LogP contribution in [0.3, 0.4) is 0 Å². The fraction of sp³-hybridized carbons (Fsp3) is 0.571. The predicted octanol–water partition coefficient (Wildman–Crippen LogP) is 2.43. The van der Waals surface area contributed by atoms with E-state index in [2.05, 4.69) is 22.5 Å². The molecule has 2 unspecified atom stereocenters. The van der Waals surface area contributed by atoms with Crippen molar-refractivity contribution in [2.45, 2.75) is 39.2 Å². The number of carbonyl (C=O) groups is 1. The molecule has 0 spiro atoms. The van der Waals surface area contributed by atoms with Gasteiger partial charge in [0.15, 0.2) is 0 Å². The molecule has 0 saturated heterocycles. The van der Waals surface area contributed by atoms with Gasteiger partial charge in [0.1, 0.15) is 5.69 Å². The fourth-order valence-electron chi connectivity index (χ4n) is 2.47. The van der Waals surface area contributed by atoms with Crippen LogP contribution in [-0.4, -0.2) is 23.5 Å². The molecule has 1 aliphatic rings. The highest BCUT2D eigenvalue weighted by Gasteiger charge is 2.23. The molecule has 4 heteroatoms. The van der Waals surface area contributed by atoms with Gasteiger partial charge in [0, 0.05) is 24.5 Å². The van der Waals surface area contributed by atoms with Gasteiger partial charge in [-0.3, -0.25) is 9.78 Å². The van der Waals surface area contributed by atoms with Gasteiger partial charge in [-0.1, -0.05) is 6.92 Å². The van der Waals surface area contributed by atoms with Crippen molar-refractivity contribution >= 4 is 11.6 Å². The summed E-state index contributed by atoms with van der Waals surface area (Å²) < 4.78 is 0. The second-order valence-electron chi connectivity index (χ2n) is 5.05. The molecule has 1 fully saturated rings. The Kier molecular flexibility index (Phi) is 4.18. The Balaban J connectivity index is 1.97. The van der Waals surface area contributed by atoms with Crippen LogP contribution in [0, 0.1) is 5.92 Å². The minimum atomic E-state index is -0.0612. The molecule has 18 heavy (non-hydrogen) atoms. The van der Waals surface area contributed by atoms with Crippen molar-refractivity contribution < 1.29 is 4.79 Å². The van der Waals surface area contributed by atoms with E-state index in [0.29, 0.717) is 11.7 Å². The lowest BCUT2D eigenvalue weighted by atomic mass is 10.1. The molecule has 1 amide bonds. The Morgan fingerprint density at radius 3 is 3.00 bits per heavy atom. The maximum atomic E-state index is 12.1. The number of rotatable bonds is 4. The van der Waals surface area contributed by atoms with E-state index in [1.807, 2.05) is 13.0 Å². The van der Waals surface area contributed by atoms with E-state index in [4.69, 9.17) is 0 Å². The second-order valence-corrected chi connectivity index (χ2v) is 5.05. The number of anilines is 1. The lowest BCUT2D eigenvalue weighted by molar-refractivity contribution is 0.0932. The minimum absolute atomic E-state index is 0.0612. The van der Waals surface area contributed by atoms with Crippen molar-refractivity contribution in [1.29, 1.82) is 0 Å². The van der Waals surface area contributed by atoms with Crippen molar-refractivity contribution in [3.8, 4) is 0 Å². The number of nitrogens with zero attached hydrogens (tertiary/aromatic N) is 1. The molecule has 1 aromatic heterocycles. The molecule has 0 bridgehead atoms. The van der Waals surface area contributed by atoms with Crippen molar-refractivity contribution in [2.24, 2.45) is 5.92 Å². The molecular formula is C14H21N3O. The number of amides is 1. The van der Waals surface area contributed by atoms with E-state index in [9.17, 15) is 4.79 Å². The number of hydrogen-bond acceptors (Lipinski definition) is 3. The highest BCUT2D eigenvalue weighted by atomic mass is 16.1. The quantitative estimate of drug-likeness (QED) is 0.859. The summed E-state index contributed by atoms with van der Waals surface area (Å²) >= 11 is 0. The van der Waals surface area contributed by atoms with E-state index in [1.54, 1.807) is 12.3 Å². The monoisotopic (exact) mass is 247 g/mol. The molecule has 2 atom stereocenters. The van der Waals surface area contributed by atoms with Crippen LogP contribution in [0.4, 0.5) is 5.69 Å². The largest absolute Gasteiger partial charge is 0.385 e. The maximum absolute atomic E-state index is 12.1. The van der Waals surface area contributed by atoms with E-state index < -0.39 is 0 Å². The van der Waals surface area contributed by atoms with E-state index >= 15 is 0 Å². The van der Waals surface area contributed by atoms with Crippen LogP contribution in [0.15, 0.2) is 18.3 Å². The SMILES string of the molecule is CCNc1ccnc(C(=O)NC2CCC(C)C2)c1. The lowest BCUT2D eigenvalue weighted by Gasteiger charge is -2.12. The first-order chi connectivity index (χ1) is 8.69. The highest BCUT2D eigenvalue weighted by Crippen LogP contribution is 2.24. The highest BCUT2D eigenvalue weighted by molar-refractivity contribution is 5.93. The fourth-order valence-corrected chi connectivity index (χ4v) is 2.47.